The predicted octanol–water partition coefficient (Wildman–Crippen LogP) is 1.19. The first-order valence-electron chi connectivity index (χ1n) is 7.90. The Labute approximate surface area is 132 Å². The van der Waals surface area contributed by atoms with Crippen LogP contribution in [0.25, 0.3) is 0 Å². The summed E-state index contributed by atoms with van der Waals surface area (Å²) in [5.74, 6) is 1.06. The zero-order valence-electron chi connectivity index (χ0n) is 13.4. The molecule has 5 heteroatoms. The molecule has 1 amide bonds. The first-order valence-corrected chi connectivity index (χ1v) is 7.90. The largest absolute Gasteiger partial charge is 0.491 e. The molecular weight excluding hydrogens is 280 g/mol. The lowest BCUT2D eigenvalue weighted by atomic mass is 9.96. The summed E-state index contributed by atoms with van der Waals surface area (Å²) >= 11 is 0. The highest BCUT2D eigenvalue weighted by Gasteiger charge is 2.25. The molecule has 0 aliphatic carbocycles. The summed E-state index contributed by atoms with van der Waals surface area (Å²) in [5.41, 5.74) is 1.07. The van der Waals surface area contributed by atoms with Gasteiger partial charge in [0.15, 0.2) is 0 Å². The van der Waals surface area contributed by atoms with Crippen molar-refractivity contribution in [1.29, 1.82) is 0 Å². The summed E-state index contributed by atoms with van der Waals surface area (Å²) in [6.45, 7) is 4.57. The number of benzene rings is 1. The van der Waals surface area contributed by atoms with Crippen LogP contribution < -0.4 is 10.1 Å². The van der Waals surface area contributed by atoms with Gasteiger partial charge in [-0.3, -0.25) is 4.79 Å². The molecule has 1 atom stereocenters. The normalized spacial score (nSPS) is 18.0. The highest BCUT2D eigenvalue weighted by Crippen LogP contribution is 2.18. The number of aliphatic hydroxyl groups excluding tert-OH is 1. The van der Waals surface area contributed by atoms with Gasteiger partial charge < -0.3 is 20.1 Å². The zero-order valence-corrected chi connectivity index (χ0v) is 13.4. The van der Waals surface area contributed by atoms with E-state index >= 15 is 0 Å². The lowest BCUT2D eigenvalue weighted by Crippen LogP contribution is -2.43. The van der Waals surface area contributed by atoms with Crippen LogP contribution in [-0.4, -0.2) is 55.3 Å². The van der Waals surface area contributed by atoms with Crippen molar-refractivity contribution in [2.75, 3.05) is 33.3 Å². The lowest BCUT2D eigenvalue weighted by molar-refractivity contribution is -0.126. The van der Waals surface area contributed by atoms with E-state index in [9.17, 15) is 9.90 Å². The van der Waals surface area contributed by atoms with Crippen molar-refractivity contribution >= 4 is 5.91 Å². The number of nitrogens with one attached hydrogen (secondary N) is 1. The summed E-state index contributed by atoms with van der Waals surface area (Å²) in [7, 11) is 1.68. The Morgan fingerprint density at radius 3 is 2.73 bits per heavy atom. The number of ether oxygens (including phenoxy) is 1. The van der Waals surface area contributed by atoms with Crippen LogP contribution >= 0.6 is 0 Å². The molecule has 2 N–H and O–H groups in total. The van der Waals surface area contributed by atoms with Gasteiger partial charge in [-0.15, -0.1) is 0 Å². The van der Waals surface area contributed by atoms with Gasteiger partial charge in [-0.2, -0.15) is 0 Å². The van der Waals surface area contributed by atoms with Crippen molar-refractivity contribution in [3.8, 4) is 5.75 Å². The first-order chi connectivity index (χ1) is 10.6. The number of β-amino-alcohol motifs (C(OH)–C–C–N with tert-alkyl or cyclic N) is 1. The maximum Gasteiger partial charge on any atom is 0.222 e. The second kappa shape index (κ2) is 8.15. The third-order valence-corrected chi connectivity index (χ3v) is 4.20. The third-order valence-electron chi connectivity index (χ3n) is 4.20. The molecular formula is C17H26N2O3. The van der Waals surface area contributed by atoms with Crippen LogP contribution in [0.15, 0.2) is 24.3 Å². The van der Waals surface area contributed by atoms with E-state index in [1.165, 1.54) is 0 Å². The molecule has 1 saturated heterocycles. The van der Waals surface area contributed by atoms with E-state index in [1.807, 2.05) is 31.2 Å². The molecule has 1 aliphatic rings. The van der Waals surface area contributed by atoms with E-state index in [-0.39, 0.29) is 11.8 Å². The zero-order chi connectivity index (χ0) is 15.9. The maximum absolute atomic E-state index is 11.6. The number of rotatable bonds is 6. The van der Waals surface area contributed by atoms with Gasteiger partial charge in [0.05, 0.1) is 0 Å². The molecule has 1 heterocycles. The molecule has 0 spiro atoms. The molecule has 0 saturated carbocycles. The van der Waals surface area contributed by atoms with Crippen LogP contribution in [0.4, 0.5) is 0 Å². The van der Waals surface area contributed by atoms with Crippen LogP contribution in [0.3, 0.4) is 0 Å². The molecule has 22 heavy (non-hydrogen) atoms. The van der Waals surface area contributed by atoms with Crippen molar-refractivity contribution < 1.29 is 14.6 Å². The minimum absolute atomic E-state index is 0.113. The Morgan fingerprint density at radius 1 is 1.41 bits per heavy atom. The van der Waals surface area contributed by atoms with Gasteiger partial charge in [-0.1, -0.05) is 18.2 Å². The van der Waals surface area contributed by atoms with E-state index in [0.29, 0.717) is 13.2 Å². The van der Waals surface area contributed by atoms with Gasteiger partial charge >= 0.3 is 0 Å². The Kier molecular flexibility index (Phi) is 6.21. The van der Waals surface area contributed by atoms with Gasteiger partial charge in [0.1, 0.15) is 18.5 Å². The molecule has 1 aliphatic heterocycles. The Hall–Kier alpha value is -1.59. The monoisotopic (exact) mass is 306 g/mol. The number of para-hydroxylation sites is 1. The van der Waals surface area contributed by atoms with Crippen LogP contribution in [0.1, 0.15) is 18.4 Å². The van der Waals surface area contributed by atoms with Crippen LogP contribution in [0, 0.1) is 12.8 Å². The summed E-state index contributed by atoms with van der Waals surface area (Å²) in [4.78, 5) is 13.8. The lowest BCUT2D eigenvalue weighted by Gasteiger charge is -2.32. The topological polar surface area (TPSA) is 61.8 Å². The summed E-state index contributed by atoms with van der Waals surface area (Å²) in [6.07, 6.45) is 1.19. The highest BCUT2D eigenvalue weighted by atomic mass is 16.5. The number of hydrogen-bond donors (Lipinski definition) is 2. The average molecular weight is 306 g/mol. The average Bonchev–Trinajstić information content (AvgIpc) is 2.54. The SMILES string of the molecule is CNC(=O)C1CCN(CC(O)COc2ccccc2C)CC1. The molecule has 5 nitrogen and oxygen atoms in total. The number of aryl methyl sites for hydroxylation is 1. The van der Waals surface area contributed by atoms with Gasteiger partial charge in [0.2, 0.25) is 5.91 Å². The third kappa shape index (κ3) is 4.71. The second-order valence-electron chi connectivity index (χ2n) is 5.92. The van der Waals surface area contributed by atoms with Crippen molar-refractivity contribution in [2.24, 2.45) is 5.92 Å². The van der Waals surface area contributed by atoms with E-state index < -0.39 is 6.10 Å². The van der Waals surface area contributed by atoms with E-state index in [1.54, 1.807) is 7.05 Å². The van der Waals surface area contributed by atoms with E-state index in [2.05, 4.69) is 10.2 Å². The number of piperidine rings is 1. The molecule has 2 rings (SSSR count). The molecule has 1 aromatic carbocycles. The molecule has 1 fully saturated rings. The van der Waals surface area contributed by atoms with Crippen molar-refractivity contribution in [3.05, 3.63) is 29.8 Å². The van der Waals surface area contributed by atoms with Crippen molar-refractivity contribution in [1.82, 2.24) is 10.2 Å². The van der Waals surface area contributed by atoms with Crippen molar-refractivity contribution in [2.45, 2.75) is 25.9 Å². The van der Waals surface area contributed by atoms with Crippen LogP contribution in [0.2, 0.25) is 0 Å². The molecule has 0 radical (unpaired) electrons. The van der Waals surface area contributed by atoms with E-state index in [0.717, 1.165) is 37.2 Å². The number of likely N-dealkylation sites (tertiary alicyclic amines) is 1. The van der Waals surface area contributed by atoms with Gasteiger partial charge in [-0.05, 0) is 44.5 Å². The fourth-order valence-corrected chi connectivity index (χ4v) is 2.84. The fourth-order valence-electron chi connectivity index (χ4n) is 2.84. The molecule has 0 bridgehead atoms. The smallest absolute Gasteiger partial charge is 0.222 e. The van der Waals surface area contributed by atoms with Gasteiger partial charge in [-0.25, -0.2) is 0 Å². The van der Waals surface area contributed by atoms with E-state index in [4.69, 9.17) is 4.74 Å². The maximum atomic E-state index is 11.6. The summed E-state index contributed by atoms with van der Waals surface area (Å²) in [6, 6.07) is 7.80. The van der Waals surface area contributed by atoms with Crippen molar-refractivity contribution in [3.63, 3.8) is 0 Å². The number of hydrogen-bond acceptors (Lipinski definition) is 4. The molecule has 1 unspecified atom stereocenters. The Bertz CT molecular complexity index is 485. The minimum Gasteiger partial charge on any atom is -0.491 e. The van der Waals surface area contributed by atoms with Gasteiger partial charge in [0, 0.05) is 19.5 Å². The summed E-state index contributed by atoms with van der Waals surface area (Å²) in [5, 5.41) is 12.8. The Morgan fingerprint density at radius 2 is 2.09 bits per heavy atom. The number of carbonyl (C=O) groups excluding carboxylic acids is 1. The predicted molar refractivity (Wildman–Crippen MR) is 85.9 cm³/mol. The first kappa shape index (κ1) is 16.8. The molecule has 1 aromatic rings. The number of aliphatic hydroxyl groups is 1. The van der Waals surface area contributed by atoms with Crippen LogP contribution in [-0.2, 0) is 4.79 Å². The fraction of sp³-hybridized carbons (Fsp3) is 0.588. The minimum atomic E-state index is -0.517. The van der Waals surface area contributed by atoms with Crippen LogP contribution in [0.5, 0.6) is 5.75 Å². The van der Waals surface area contributed by atoms with Gasteiger partial charge in [0.25, 0.3) is 0 Å². The summed E-state index contributed by atoms with van der Waals surface area (Å²) < 4.78 is 5.68. The molecule has 0 aromatic heterocycles. The number of amides is 1. The standard InChI is InChI=1S/C17H26N2O3/c1-13-5-3-4-6-16(13)22-12-15(20)11-19-9-7-14(8-10-19)17(21)18-2/h3-6,14-15,20H,7-12H2,1-2H3,(H,18,21). The Balaban J connectivity index is 1.71. The quantitative estimate of drug-likeness (QED) is 0.829. The number of nitrogens with zero attached hydrogens (tertiary/aromatic N) is 1. The molecule has 122 valence electrons. The number of carbonyl (C=O) groups is 1. The highest BCUT2D eigenvalue weighted by molar-refractivity contribution is 5.78. The second-order valence-corrected chi connectivity index (χ2v) is 5.92.